The lowest BCUT2D eigenvalue weighted by molar-refractivity contribution is -0.132. The highest BCUT2D eigenvalue weighted by atomic mass is 16.6. The first kappa shape index (κ1) is 14.6. The third kappa shape index (κ3) is 3.59. The third-order valence-electron chi connectivity index (χ3n) is 2.61. The highest BCUT2D eigenvalue weighted by Crippen LogP contribution is 2.27. The van der Waals surface area contributed by atoms with Crippen LogP contribution in [-0.2, 0) is 4.79 Å². The smallest absolute Gasteiger partial charge is 0.308 e. The minimum absolute atomic E-state index is 0.303. The summed E-state index contributed by atoms with van der Waals surface area (Å²) in [4.78, 5) is 15.1. The Hall–Kier alpha value is -2.83. The fraction of sp³-hybridized carbons (Fsp3) is 0.214. The number of anilines is 1. The molecule has 110 valence electrons. The number of esters is 1. The summed E-state index contributed by atoms with van der Waals surface area (Å²) in [6.07, 6.45) is 3.30. The van der Waals surface area contributed by atoms with Gasteiger partial charge in [-0.2, -0.15) is 5.10 Å². The molecule has 2 N–H and O–H groups in total. The number of hydrogen-bond acceptors (Lipinski definition) is 6. The molecule has 0 atom stereocenters. The van der Waals surface area contributed by atoms with Crippen molar-refractivity contribution in [3.8, 4) is 11.5 Å². The van der Waals surface area contributed by atoms with Crippen LogP contribution in [0.1, 0.15) is 18.2 Å². The molecule has 0 bridgehead atoms. The van der Waals surface area contributed by atoms with Crippen molar-refractivity contribution >= 4 is 18.1 Å². The Morgan fingerprint density at radius 2 is 2.19 bits per heavy atom. The number of methoxy groups -OCH3 is 1. The van der Waals surface area contributed by atoms with Gasteiger partial charge in [0.05, 0.1) is 25.2 Å². The number of rotatable bonds is 4. The van der Waals surface area contributed by atoms with Crippen molar-refractivity contribution in [3.05, 3.63) is 35.7 Å². The van der Waals surface area contributed by atoms with Crippen molar-refractivity contribution in [3.63, 3.8) is 0 Å². The summed E-state index contributed by atoms with van der Waals surface area (Å²) < 4.78 is 11.7. The molecule has 1 aromatic heterocycles. The number of ether oxygens (including phenoxy) is 2. The predicted octanol–water partition coefficient (Wildman–Crippen LogP) is 1.59. The molecule has 0 spiro atoms. The van der Waals surface area contributed by atoms with Gasteiger partial charge in [0.1, 0.15) is 0 Å². The predicted molar refractivity (Wildman–Crippen MR) is 78.7 cm³/mol. The molecular formula is C14H16N4O3. The van der Waals surface area contributed by atoms with E-state index in [1.807, 2.05) is 6.92 Å². The lowest BCUT2D eigenvalue weighted by Crippen LogP contribution is -2.03. The van der Waals surface area contributed by atoms with Crippen LogP contribution in [0.2, 0.25) is 0 Å². The molecule has 0 radical (unpaired) electrons. The fourth-order valence-electron chi connectivity index (χ4n) is 1.73. The molecule has 7 nitrogen and oxygen atoms in total. The second-order valence-corrected chi connectivity index (χ2v) is 4.33. The molecule has 0 aliphatic heterocycles. The lowest BCUT2D eigenvalue weighted by Gasteiger charge is -2.08. The maximum Gasteiger partial charge on any atom is 0.308 e. The van der Waals surface area contributed by atoms with Crippen molar-refractivity contribution in [2.24, 2.45) is 5.10 Å². The molecule has 7 heteroatoms. The Bertz CT molecular complexity index is 692. The molecule has 1 aromatic carbocycles. The normalized spacial score (nSPS) is 10.8. The molecule has 2 aromatic rings. The zero-order chi connectivity index (χ0) is 15.4. The standard InChI is InChI=1S/C14H16N4O3/c1-9-8-18(14(15)17-9)16-7-11-4-5-12(20-3)13(6-11)21-10(2)19/h4-8H,1-3H3,(H2,15,17). The Labute approximate surface area is 122 Å². The number of hydrogen-bond donors (Lipinski definition) is 1. The van der Waals surface area contributed by atoms with E-state index in [0.29, 0.717) is 17.4 Å². The number of carbonyl (C=O) groups excluding carboxylic acids is 1. The summed E-state index contributed by atoms with van der Waals surface area (Å²) in [6, 6.07) is 5.14. The molecule has 0 saturated carbocycles. The van der Waals surface area contributed by atoms with E-state index in [0.717, 1.165) is 11.3 Å². The van der Waals surface area contributed by atoms with E-state index in [4.69, 9.17) is 15.2 Å². The van der Waals surface area contributed by atoms with Gasteiger partial charge in [-0.3, -0.25) is 4.79 Å². The first-order chi connectivity index (χ1) is 9.99. The Kier molecular flexibility index (Phi) is 4.22. The van der Waals surface area contributed by atoms with E-state index in [2.05, 4.69) is 10.1 Å². The highest BCUT2D eigenvalue weighted by Gasteiger charge is 2.07. The van der Waals surface area contributed by atoms with Crippen molar-refractivity contribution in [2.45, 2.75) is 13.8 Å². The van der Waals surface area contributed by atoms with Gasteiger partial charge in [0.25, 0.3) is 0 Å². The minimum Gasteiger partial charge on any atom is -0.493 e. The number of nitrogen functional groups attached to an aromatic ring is 1. The molecule has 0 aliphatic carbocycles. The molecule has 0 fully saturated rings. The van der Waals surface area contributed by atoms with Gasteiger partial charge in [-0.05, 0) is 30.7 Å². The molecular weight excluding hydrogens is 272 g/mol. The lowest BCUT2D eigenvalue weighted by atomic mass is 10.2. The van der Waals surface area contributed by atoms with Crippen molar-refractivity contribution in [1.82, 2.24) is 9.66 Å². The van der Waals surface area contributed by atoms with Crippen LogP contribution in [0.3, 0.4) is 0 Å². The quantitative estimate of drug-likeness (QED) is 0.524. The average molecular weight is 288 g/mol. The summed E-state index contributed by atoms with van der Waals surface area (Å²) in [6.45, 7) is 3.16. The molecule has 21 heavy (non-hydrogen) atoms. The number of carbonyl (C=O) groups is 1. The number of benzene rings is 1. The van der Waals surface area contributed by atoms with Crippen LogP contribution in [0.15, 0.2) is 29.5 Å². The van der Waals surface area contributed by atoms with Crippen LogP contribution in [0.25, 0.3) is 0 Å². The van der Waals surface area contributed by atoms with E-state index >= 15 is 0 Å². The third-order valence-corrected chi connectivity index (χ3v) is 2.61. The van der Waals surface area contributed by atoms with Crippen LogP contribution in [0.5, 0.6) is 11.5 Å². The van der Waals surface area contributed by atoms with E-state index < -0.39 is 5.97 Å². The van der Waals surface area contributed by atoms with E-state index in [9.17, 15) is 4.79 Å². The van der Waals surface area contributed by atoms with Gasteiger partial charge < -0.3 is 15.2 Å². The molecule has 0 amide bonds. The van der Waals surface area contributed by atoms with Crippen LogP contribution in [0, 0.1) is 6.92 Å². The largest absolute Gasteiger partial charge is 0.493 e. The summed E-state index contributed by atoms with van der Waals surface area (Å²) >= 11 is 0. The van der Waals surface area contributed by atoms with E-state index in [1.54, 1.807) is 30.6 Å². The maximum absolute atomic E-state index is 11.1. The van der Waals surface area contributed by atoms with E-state index in [-0.39, 0.29) is 0 Å². The molecule has 1 heterocycles. The van der Waals surface area contributed by atoms with Gasteiger partial charge in [0.15, 0.2) is 11.5 Å². The minimum atomic E-state index is -0.420. The molecule has 2 rings (SSSR count). The van der Waals surface area contributed by atoms with Gasteiger partial charge in [0, 0.05) is 6.92 Å². The van der Waals surface area contributed by atoms with Gasteiger partial charge in [-0.25, -0.2) is 9.66 Å². The van der Waals surface area contributed by atoms with Gasteiger partial charge >= 0.3 is 5.97 Å². The summed E-state index contributed by atoms with van der Waals surface area (Å²) in [5, 5.41) is 4.20. The number of imidazole rings is 1. The van der Waals surface area contributed by atoms with Crippen molar-refractivity contribution < 1.29 is 14.3 Å². The fourth-order valence-corrected chi connectivity index (χ4v) is 1.73. The number of nitrogens with two attached hydrogens (primary N) is 1. The average Bonchev–Trinajstić information content (AvgIpc) is 2.74. The summed E-state index contributed by atoms with van der Waals surface area (Å²) in [5.41, 5.74) is 7.21. The second-order valence-electron chi connectivity index (χ2n) is 4.33. The van der Waals surface area contributed by atoms with E-state index in [1.165, 1.54) is 18.7 Å². The SMILES string of the molecule is COc1ccc(C=Nn2cc(C)nc2N)cc1OC(C)=O. The monoisotopic (exact) mass is 288 g/mol. The number of aromatic nitrogens is 2. The van der Waals surface area contributed by atoms with Crippen LogP contribution in [0.4, 0.5) is 5.95 Å². The van der Waals surface area contributed by atoms with Crippen LogP contribution >= 0.6 is 0 Å². The zero-order valence-corrected chi connectivity index (χ0v) is 12.0. The Morgan fingerprint density at radius 3 is 2.76 bits per heavy atom. The van der Waals surface area contributed by atoms with Crippen LogP contribution in [-0.4, -0.2) is 29.0 Å². The summed E-state index contributed by atoms with van der Waals surface area (Å²) in [7, 11) is 1.51. The first-order valence-corrected chi connectivity index (χ1v) is 6.22. The maximum atomic E-state index is 11.1. The second kappa shape index (κ2) is 6.08. The molecule has 0 saturated heterocycles. The molecule has 0 aliphatic rings. The number of nitrogens with zero attached hydrogens (tertiary/aromatic N) is 3. The molecule has 0 unspecified atom stereocenters. The van der Waals surface area contributed by atoms with Gasteiger partial charge in [-0.1, -0.05) is 0 Å². The first-order valence-electron chi connectivity index (χ1n) is 6.22. The topological polar surface area (TPSA) is 91.7 Å². The highest BCUT2D eigenvalue weighted by molar-refractivity contribution is 5.81. The van der Waals surface area contributed by atoms with Crippen LogP contribution < -0.4 is 15.2 Å². The van der Waals surface area contributed by atoms with Gasteiger partial charge in [-0.15, -0.1) is 0 Å². The van der Waals surface area contributed by atoms with Crippen molar-refractivity contribution in [1.29, 1.82) is 0 Å². The summed E-state index contributed by atoms with van der Waals surface area (Å²) in [5.74, 6) is 0.693. The van der Waals surface area contributed by atoms with Gasteiger partial charge in [0.2, 0.25) is 5.95 Å². The Morgan fingerprint density at radius 1 is 1.43 bits per heavy atom. The van der Waals surface area contributed by atoms with Crippen molar-refractivity contribution in [2.75, 3.05) is 12.8 Å². The Balaban J connectivity index is 2.28. The zero-order valence-electron chi connectivity index (χ0n) is 12.0. The number of aryl methyl sites for hydroxylation is 1.